The Hall–Kier alpha value is -1.34. The molecule has 0 saturated carbocycles. The molecule has 0 amide bonds. The normalized spacial score (nSPS) is 11.5. The molecule has 3 aromatic rings. The number of halogens is 1. The van der Waals surface area contributed by atoms with Crippen LogP contribution in [0.1, 0.15) is 16.7 Å². The second kappa shape index (κ2) is 6.65. The topological polar surface area (TPSA) is 0 Å². The first-order valence-corrected chi connectivity index (χ1v) is 12.4. The zero-order chi connectivity index (χ0) is 16.4. The molecule has 2 heteroatoms. The van der Waals surface area contributed by atoms with Gasteiger partial charge in [-0.25, -0.2) is 0 Å². The van der Waals surface area contributed by atoms with Gasteiger partial charge in [-0.2, -0.15) is 0 Å². The molecule has 0 saturated heterocycles. The fourth-order valence-electron chi connectivity index (χ4n) is 3.31. The molecule has 0 nitrogen and oxygen atoms in total. The fraction of sp³-hybridized carbons (Fsp3) is 0.143. The second-order valence-electron chi connectivity index (χ2n) is 6.10. The van der Waals surface area contributed by atoms with Gasteiger partial charge >= 0.3 is 147 Å². The van der Waals surface area contributed by atoms with E-state index in [1.165, 1.54) is 28.3 Å². The van der Waals surface area contributed by atoms with Crippen LogP contribution < -0.4 is 11.6 Å². The molecule has 0 aliphatic heterocycles. The summed E-state index contributed by atoms with van der Waals surface area (Å²) in [6.45, 7) is 6.52. The van der Waals surface area contributed by atoms with Crippen LogP contribution in [0.2, 0.25) is 0 Å². The summed E-state index contributed by atoms with van der Waals surface area (Å²) in [6, 6.07) is 25.8. The molecule has 0 aliphatic rings. The molecule has 0 spiro atoms. The molecule has 0 radical (unpaired) electrons. The fourth-order valence-corrected chi connectivity index (χ4v) is 11.8. The summed E-state index contributed by atoms with van der Waals surface area (Å²) < 4.78 is 3.99. The summed E-state index contributed by atoms with van der Waals surface area (Å²) in [5.74, 6) is 0. The van der Waals surface area contributed by atoms with Crippen molar-refractivity contribution in [3.05, 3.63) is 89.5 Å². The SMILES string of the molecule is Cc1cccc[c]1[Ti]([Cl])([c]1ccccc1C)[c]1ccccc1C. The molecule has 0 unspecified atom stereocenters. The van der Waals surface area contributed by atoms with Gasteiger partial charge in [-0.3, -0.25) is 0 Å². The van der Waals surface area contributed by atoms with Gasteiger partial charge in [0.15, 0.2) is 0 Å². The molecular formula is C21H21ClTi. The van der Waals surface area contributed by atoms with Crippen molar-refractivity contribution < 1.29 is 15.5 Å². The van der Waals surface area contributed by atoms with Crippen LogP contribution >= 0.6 is 9.30 Å². The van der Waals surface area contributed by atoms with Crippen molar-refractivity contribution in [2.75, 3.05) is 0 Å². The van der Waals surface area contributed by atoms with Crippen molar-refractivity contribution in [3.63, 3.8) is 0 Å². The number of benzene rings is 3. The first kappa shape index (κ1) is 16.5. The molecule has 0 aromatic heterocycles. The third-order valence-corrected chi connectivity index (χ3v) is 13.2. The van der Waals surface area contributed by atoms with E-state index in [0.717, 1.165) is 0 Å². The Kier molecular flexibility index (Phi) is 4.78. The van der Waals surface area contributed by atoms with Crippen LogP contribution in [-0.4, -0.2) is 0 Å². The van der Waals surface area contributed by atoms with E-state index in [2.05, 4.69) is 93.6 Å². The van der Waals surface area contributed by atoms with E-state index in [-0.39, 0.29) is 0 Å². The summed E-state index contributed by atoms with van der Waals surface area (Å²) >= 11 is -3.19. The molecule has 0 N–H and O–H groups in total. The summed E-state index contributed by atoms with van der Waals surface area (Å²) in [7, 11) is 7.62. The van der Waals surface area contributed by atoms with Crippen molar-refractivity contribution in [1.29, 1.82) is 0 Å². The molecule has 0 aliphatic carbocycles. The maximum absolute atomic E-state index is 7.62. The van der Waals surface area contributed by atoms with Crippen LogP contribution in [0.25, 0.3) is 0 Å². The third kappa shape index (κ3) is 2.92. The average Bonchev–Trinajstić information content (AvgIpc) is 2.55. The molecule has 3 rings (SSSR count). The summed E-state index contributed by atoms with van der Waals surface area (Å²) in [5.41, 5.74) is 3.86. The van der Waals surface area contributed by atoms with E-state index in [1.807, 2.05) is 0 Å². The minimum atomic E-state index is -3.19. The van der Waals surface area contributed by atoms with Crippen LogP contribution in [0.5, 0.6) is 0 Å². The van der Waals surface area contributed by atoms with E-state index in [1.54, 1.807) is 0 Å². The van der Waals surface area contributed by atoms with E-state index < -0.39 is 15.5 Å². The van der Waals surface area contributed by atoms with Gasteiger partial charge in [0.1, 0.15) is 0 Å². The van der Waals surface area contributed by atoms with Crippen molar-refractivity contribution >= 4 is 20.9 Å². The van der Waals surface area contributed by atoms with E-state index in [4.69, 9.17) is 9.30 Å². The van der Waals surface area contributed by atoms with Gasteiger partial charge in [0.2, 0.25) is 0 Å². The first-order chi connectivity index (χ1) is 11.0. The molecular weight excluding hydrogens is 336 g/mol. The standard InChI is InChI=1S/3C7H7.ClH.Ti/c3*1-7-5-3-2-4-6-7;;/h3*2-5H,1H3;1H;/q;;;;+1/p-1. The second-order valence-corrected chi connectivity index (χ2v) is 13.0. The average molecular weight is 357 g/mol. The van der Waals surface area contributed by atoms with E-state index in [0.29, 0.717) is 0 Å². The zero-order valence-corrected chi connectivity index (χ0v) is 16.1. The zero-order valence-electron chi connectivity index (χ0n) is 13.8. The predicted octanol–water partition coefficient (Wildman–Crippen LogP) is 4.20. The van der Waals surface area contributed by atoms with Crippen LogP contribution in [0.4, 0.5) is 0 Å². The van der Waals surface area contributed by atoms with Crippen LogP contribution in [-0.2, 0) is 15.5 Å². The van der Waals surface area contributed by atoms with Crippen LogP contribution in [0.3, 0.4) is 0 Å². The Morgan fingerprint density at radius 1 is 0.522 bits per heavy atom. The summed E-state index contributed by atoms with van der Waals surface area (Å²) in [4.78, 5) is 0. The molecule has 116 valence electrons. The van der Waals surface area contributed by atoms with E-state index >= 15 is 0 Å². The van der Waals surface area contributed by atoms with Crippen molar-refractivity contribution in [1.82, 2.24) is 0 Å². The quantitative estimate of drug-likeness (QED) is 0.617. The van der Waals surface area contributed by atoms with Gasteiger partial charge in [-0.1, -0.05) is 0 Å². The monoisotopic (exact) mass is 356 g/mol. The molecule has 0 fully saturated rings. The van der Waals surface area contributed by atoms with Gasteiger partial charge in [0, 0.05) is 0 Å². The van der Waals surface area contributed by atoms with Gasteiger partial charge in [0.05, 0.1) is 0 Å². The van der Waals surface area contributed by atoms with Crippen LogP contribution in [0, 0.1) is 20.8 Å². The molecule has 0 heterocycles. The minimum absolute atomic E-state index is 1.29. The van der Waals surface area contributed by atoms with Crippen molar-refractivity contribution in [2.45, 2.75) is 20.8 Å². The van der Waals surface area contributed by atoms with Crippen molar-refractivity contribution in [2.24, 2.45) is 0 Å². The first-order valence-electron chi connectivity index (χ1n) is 7.92. The van der Waals surface area contributed by atoms with E-state index in [9.17, 15) is 0 Å². The Morgan fingerprint density at radius 3 is 1.04 bits per heavy atom. The summed E-state index contributed by atoms with van der Waals surface area (Å²) in [5, 5.41) is 0. The number of hydrogen-bond donors (Lipinski definition) is 0. The van der Waals surface area contributed by atoms with Crippen molar-refractivity contribution in [3.8, 4) is 0 Å². The third-order valence-electron chi connectivity index (χ3n) is 4.55. The number of hydrogen-bond acceptors (Lipinski definition) is 0. The Labute approximate surface area is 146 Å². The predicted molar refractivity (Wildman–Crippen MR) is 98.3 cm³/mol. The number of aryl methyl sites for hydroxylation is 3. The molecule has 0 bridgehead atoms. The Bertz CT molecular complexity index is 728. The van der Waals surface area contributed by atoms with Gasteiger partial charge in [0.25, 0.3) is 0 Å². The maximum atomic E-state index is 7.62. The number of rotatable bonds is 3. The Balaban J connectivity index is 2.38. The van der Waals surface area contributed by atoms with Gasteiger partial charge < -0.3 is 0 Å². The molecule has 0 atom stereocenters. The molecule has 23 heavy (non-hydrogen) atoms. The molecule has 3 aromatic carbocycles. The van der Waals surface area contributed by atoms with Gasteiger partial charge in [-0.05, 0) is 0 Å². The Morgan fingerprint density at radius 2 is 0.783 bits per heavy atom. The van der Waals surface area contributed by atoms with Crippen LogP contribution in [0.15, 0.2) is 72.8 Å². The van der Waals surface area contributed by atoms with Gasteiger partial charge in [-0.15, -0.1) is 0 Å². The summed E-state index contributed by atoms with van der Waals surface area (Å²) in [6.07, 6.45) is 0.